The third-order valence-electron chi connectivity index (χ3n) is 4.28. The largest absolute Gasteiger partial charge is 0.366 e. The zero-order valence-corrected chi connectivity index (χ0v) is 13.7. The number of hydrogen-bond donors (Lipinski definition) is 2. The van der Waals surface area contributed by atoms with Crippen LogP contribution in [0.2, 0.25) is 0 Å². The Morgan fingerprint density at radius 2 is 1.68 bits per heavy atom. The fourth-order valence-electron chi connectivity index (χ4n) is 3.02. The number of nitro benzene ring substituents is 1. The van der Waals surface area contributed by atoms with E-state index in [2.05, 4.69) is 10.6 Å². The molecule has 1 heterocycles. The van der Waals surface area contributed by atoms with Gasteiger partial charge in [0.2, 0.25) is 0 Å². The third-order valence-corrected chi connectivity index (χ3v) is 4.28. The van der Waals surface area contributed by atoms with E-state index in [-0.39, 0.29) is 22.7 Å². The Bertz CT molecular complexity index is 743. The fraction of sp³-hybridized carbons (Fsp3) is 0.278. The lowest BCUT2D eigenvalue weighted by Gasteiger charge is -2.33. The minimum absolute atomic E-state index is 0.0581. The first-order valence-electron chi connectivity index (χ1n) is 8.24. The van der Waals surface area contributed by atoms with Gasteiger partial charge in [0.05, 0.1) is 4.92 Å². The zero-order chi connectivity index (χ0) is 17.6. The lowest BCUT2D eigenvalue weighted by Crippen LogP contribution is -2.46. The number of carbonyl (C=O) groups is 1. The smallest absolute Gasteiger partial charge is 0.319 e. The van der Waals surface area contributed by atoms with Gasteiger partial charge in [0, 0.05) is 30.9 Å². The van der Waals surface area contributed by atoms with Crippen LogP contribution in [-0.2, 0) is 0 Å². The molecule has 0 unspecified atom stereocenters. The van der Waals surface area contributed by atoms with E-state index in [1.165, 1.54) is 6.07 Å². The highest BCUT2D eigenvalue weighted by Gasteiger charge is 2.25. The fourth-order valence-corrected chi connectivity index (χ4v) is 3.02. The summed E-state index contributed by atoms with van der Waals surface area (Å²) in [4.78, 5) is 24.9. The molecule has 130 valence electrons. The highest BCUT2D eigenvalue weighted by atomic mass is 16.6. The van der Waals surface area contributed by atoms with Gasteiger partial charge in [-0.3, -0.25) is 10.1 Å². The van der Waals surface area contributed by atoms with Gasteiger partial charge in [-0.2, -0.15) is 0 Å². The van der Waals surface area contributed by atoms with E-state index in [0.717, 1.165) is 18.5 Å². The van der Waals surface area contributed by atoms with Crippen LogP contribution in [0.25, 0.3) is 0 Å². The molecule has 0 aliphatic carbocycles. The van der Waals surface area contributed by atoms with Crippen molar-refractivity contribution in [2.75, 3.05) is 23.3 Å². The molecule has 0 atom stereocenters. The molecule has 0 bridgehead atoms. The second kappa shape index (κ2) is 7.65. The van der Waals surface area contributed by atoms with Gasteiger partial charge in [-0.05, 0) is 31.0 Å². The predicted molar refractivity (Wildman–Crippen MR) is 96.9 cm³/mol. The monoisotopic (exact) mass is 340 g/mol. The quantitative estimate of drug-likeness (QED) is 0.660. The van der Waals surface area contributed by atoms with Crippen molar-refractivity contribution in [2.45, 2.75) is 18.9 Å². The maximum atomic E-state index is 12.1. The Morgan fingerprint density at radius 3 is 2.36 bits per heavy atom. The lowest BCUT2D eigenvalue weighted by molar-refractivity contribution is -0.384. The molecule has 7 nitrogen and oxygen atoms in total. The van der Waals surface area contributed by atoms with Crippen molar-refractivity contribution in [2.24, 2.45) is 0 Å². The van der Waals surface area contributed by atoms with Crippen molar-refractivity contribution in [3.63, 3.8) is 0 Å². The number of nitro groups is 1. The standard InChI is InChI=1S/C18H20N4O3/c23-18(19-14-6-2-1-3-7-14)20-15-10-12-21(13-11-15)16-8-4-5-9-17(16)22(24)25/h1-9,15H,10-13H2,(H2,19,20,23). The number of benzene rings is 2. The topological polar surface area (TPSA) is 87.5 Å². The molecule has 3 rings (SSSR count). The number of carbonyl (C=O) groups excluding carboxylic acids is 1. The van der Waals surface area contributed by atoms with Gasteiger partial charge in [-0.15, -0.1) is 0 Å². The van der Waals surface area contributed by atoms with Crippen LogP contribution in [0.15, 0.2) is 54.6 Å². The molecule has 25 heavy (non-hydrogen) atoms. The molecule has 0 radical (unpaired) electrons. The van der Waals surface area contributed by atoms with Crippen LogP contribution in [-0.4, -0.2) is 30.1 Å². The van der Waals surface area contributed by atoms with Gasteiger partial charge < -0.3 is 15.5 Å². The van der Waals surface area contributed by atoms with Crippen molar-refractivity contribution in [1.29, 1.82) is 0 Å². The van der Waals surface area contributed by atoms with Crippen LogP contribution >= 0.6 is 0 Å². The molecule has 1 saturated heterocycles. The molecule has 2 N–H and O–H groups in total. The third kappa shape index (κ3) is 4.26. The number of hydrogen-bond acceptors (Lipinski definition) is 4. The number of anilines is 2. The molecule has 2 aromatic carbocycles. The first-order chi connectivity index (χ1) is 12.1. The van der Waals surface area contributed by atoms with Gasteiger partial charge in [-0.25, -0.2) is 4.79 Å². The van der Waals surface area contributed by atoms with E-state index in [0.29, 0.717) is 18.8 Å². The number of amides is 2. The summed E-state index contributed by atoms with van der Waals surface area (Å²) in [6.07, 6.45) is 1.49. The summed E-state index contributed by atoms with van der Waals surface area (Å²) in [5.74, 6) is 0. The predicted octanol–water partition coefficient (Wildman–Crippen LogP) is 3.39. The first kappa shape index (κ1) is 16.8. The SMILES string of the molecule is O=C(Nc1ccccc1)NC1CCN(c2ccccc2[N+](=O)[O-])CC1. The summed E-state index contributed by atoms with van der Waals surface area (Å²) in [5, 5.41) is 16.9. The van der Waals surface area contributed by atoms with E-state index in [1.807, 2.05) is 35.2 Å². The van der Waals surface area contributed by atoms with Crippen LogP contribution in [0.4, 0.5) is 21.9 Å². The molecule has 0 spiro atoms. The van der Waals surface area contributed by atoms with Crippen LogP contribution in [0, 0.1) is 10.1 Å². The molecule has 2 aromatic rings. The Morgan fingerprint density at radius 1 is 1.04 bits per heavy atom. The number of piperidine rings is 1. The maximum Gasteiger partial charge on any atom is 0.319 e. The Hall–Kier alpha value is -3.09. The second-order valence-corrected chi connectivity index (χ2v) is 5.97. The Balaban J connectivity index is 1.54. The van der Waals surface area contributed by atoms with E-state index >= 15 is 0 Å². The Labute approximate surface area is 145 Å². The summed E-state index contributed by atoms with van der Waals surface area (Å²) in [6, 6.07) is 15.9. The maximum absolute atomic E-state index is 12.1. The van der Waals surface area contributed by atoms with Crippen molar-refractivity contribution < 1.29 is 9.72 Å². The molecular weight excluding hydrogens is 320 g/mol. The molecule has 7 heteroatoms. The van der Waals surface area contributed by atoms with Gasteiger partial charge >= 0.3 is 6.03 Å². The van der Waals surface area contributed by atoms with Crippen molar-refractivity contribution in [1.82, 2.24) is 5.32 Å². The molecule has 2 amide bonds. The summed E-state index contributed by atoms with van der Waals surface area (Å²) in [6.45, 7) is 1.34. The van der Waals surface area contributed by atoms with Crippen LogP contribution in [0.1, 0.15) is 12.8 Å². The molecule has 1 aliphatic rings. The van der Waals surface area contributed by atoms with Crippen LogP contribution in [0.5, 0.6) is 0 Å². The summed E-state index contributed by atoms with van der Waals surface area (Å²) >= 11 is 0. The van der Waals surface area contributed by atoms with E-state index in [1.54, 1.807) is 18.2 Å². The lowest BCUT2D eigenvalue weighted by atomic mass is 10.0. The van der Waals surface area contributed by atoms with E-state index in [9.17, 15) is 14.9 Å². The Kier molecular flexibility index (Phi) is 5.13. The number of nitrogens with zero attached hydrogens (tertiary/aromatic N) is 2. The summed E-state index contributed by atoms with van der Waals surface area (Å²) in [5.41, 5.74) is 1.51. The summed E-state index contributed by atoms with van der Waals surface area (Å²) < 4.78 is 0. The molecule has 1 fully saturated rings. The van der Waals surface area contributed by atoms with Gasteiger partial charge in [0.1, 0.15) is 5.69 Å². The number of urea groups is 1. The number of nitrogens with one attached hydrogen (secondary N) is 2. The van der Waals surface area contributed by atoms with Crippen LogP contribution in [0.3, 0.4) is 0 Å². The van der Waals surface area contributed by atoms with Crippen molar-refractivity contribution in [3.05, 3.63) is 64.7 Å². The molecule has 0 saturated carbocycles. The van der Waals surface area contributed by atoms with E-state index in [4.69, 9.17) is 0 Å². The van der Waals surface area contributed by atoms with Crippen molar-refractivity contribution in [3.8, 4) is 0 Å². The summed E-state index contributed by atoms with van der Waals surface area (Å²) in [7, 11) is 0. The van der Waals surface area contributed by atoms with Crippen molar-refractivity contribution >= 4 is 23.1 Å². The van der Waals surface area contributed by atoms with Gasteiger partial charge in [-0.1, -0.05) is 30.3 Å². The second-order valence-electron chi connectivity index (χ2n) is 5.97. The number of para-hydroxylation sites is 3. The highest BCUT2D eigenvalue weighted by Crippen LogP contribution is 2.29. The normalized spacial score (nSPS) is 14.8. The number of rotatable bonds is 4. The van der Waals surface area contributed by atoms with Crippen LogP contribution < -0.4 is 15.5 Å². The average Bonchev–Trinajstić information content (AvgIpc) is 2.63. The zero-order valence-electron chi connectivity index (χ0n) is 13.7. The van der Waals surface area contributed by atoms with E-state index < -0.39 is 0 Å². The van der Waals surface area contributed by atoms with Gasteiger partial charge in [0.15, 0.2) is 0 Å². The molecule has 1 aliphatic heterocycles. The molecular formula is C18H20N4O3. The average molecular weight is 340 g/mol. The van der Waals surface area contributed by atoms with Gasteiger partial charge in [0.25, 0.3) is 5.69 Å². The minimum Gasteiger partial charge on any atom is -0.366 e. The molecule has 0 aromatic heterocycles. The minimum atomic E-state index is -0.354. The first-order valence-corrected chi connectivity index (χ1v) is 8.24. The highest BCUT2D eigenvalue weighted by molar-refractivity contribution is 5.89.